The van der Waals surface area contributed by atoms with Crippen LogP contribution in [-0.2, 0) is 6.54 Å². The monoisotopic (exact) mass is 240 g/mol. The first-order valence-corrected chi connectivity index (χ1v) is 5.53. The van der Waals surface area contributed by atoms with Crippen molar-refractivity contribution in [1.29, 1.82) is 0 Å². The van der Waals surface area contributed by atoms with Gasteiger partial charge in [0.05, 0.1) is 5.69 Å². The minimum absolute atomic E-state index is 0.333. The zero-order valence-corrected chi connectivity index (χ0v) is 9.44. The molecule has 1 aromatic heterocycles. The van der Waals surface area contributed by atoms with E-state index in [9.17, 15) is 8.78 Å². The van der Waals surface area contributed by atoms with Crippen LogP contribution in [0.1, 0.15) is 4.88 Å². The van der Waals surface area contributed by atoms with Crippen LogP contribution >= 0.6 is 11.5 Å². The summed E-state index contributed by atoms with van der Waals surface area (Å²) >= 11 is 1.31. The molecular formula is C11H10F2N2S. The zero-order valence-electron chi connectivity index (χ0n) is 8.63. The van der Waals surface area contributed by atoms with Gasteiger partial charge in [0.25, 0.3) is 0 Å². The van der Waals surface area contributed by atoms with E-state index in [4.69, 9.17) is 0 Å². The van der Waals surface area contributed by atoms with Gasteiger partial charge in [-0.25, -0.2) is 8.78 Å². The Balaban J connectivity index is 2.35. The minimum atomic E-state index is -0.582. The lowest BCUT2D eigenvalue weighted by Gasteiger charge is -1.98. The Morgan fingerprint density at radius 2 is 2.12 bits per heavy atom. The van der Waals surface area contributed by atoms with Gasteiger partial charge in [-0.05, 0) is 36.8 Å². The number of hydrogen-bond donors (Lipinski definition) is 1. The van der Waals surface area contributed by atoms with Crippen molar-refractivity contribution in [2.24, 2.45) is 0 Å². The van der Waals surface area contributed by atoms with Gasteiger partial charge in [0.2, 0.25) is 0 Å². The van der Waals surface area contributed by atoms with Crippen LogP contribution in [0.3, 0.4) is 0 Å². The van der Waals surface area contributed by atoms with E-state index in [1.807, 2.05) is 7.05 Å². The molecule has 0 saturated carbocycles. The Morgan fingerprint density at radius 1 is 1.31 bits per heavy atom. The van der Waals surface area contributed by atoms with Crippen molar-refractivity contribution in [2.75, 3.05) is 7.05 Å². The molecule has 2 nitrogen and oxygen atoms in total. The highest BCUT2D eigenvalue weighted by Crippen LogP contribution is 2.25. The molecule has 0 saturated heterocycles. The van der Waals surface area contributed by atoms with Crippen molar-refractivity contribution in [3.05, 3.63) is 40.8 Å². The smallest absolute Gasteiger partial charge is 0.135 e. The fourth-order valence-electron chi connectivity index (χ4n) is 1.39. The van der Waals surface area contributed by atoms with E-state index < -0.39 is 11.6 Å². The van der Waals surface area contributed by atoms with Gasteiger partial charge in [0, 0.05) is 23.1 Å². The van der Waals surface area contributed by atoms with E-state index in [1.54, 1.807) is 6.07 Å². The lowest BCUT2D eigenvalue weighted by atomic mass is 10.1. The highest BCUT2D eigenvalue weighted by Gasteiger charge is 2.09. The van der Waals surface area contributed by atoms with E-state index in [-0.39, 0.29) is 0 Å². The molecule has 1 heterocycles. The summed E-state index contributed by atoms with van der Waals surface area (Å²) < 4.78 is 30.3. The number of aromatic nitrogens is 1. The average molecular weight is 240 g/mol. The van der Waals surface area contributed by atoms with Gasteiger partial charge < -0.3 is 5.32 Å². The molecule has 0 bridgehead atoms. The minimum Gasteiger partial charge on any atom is -0.315 e. The Kier molecular flexibility index (Phi) is 3.26. The molecule has 84 valence electrons. The van der Waals surface area contributed by atoms with Crippen molar-refractivity contribution in [1.82, 2.24) is 9.69 Å². The molecule has 2 rings (SSSR count). The predicted octanol–water partition coefficient (Wildman–Crippen LogP) is 2.81. The van der Waals surface area contributed by atoms with Crippen molar-refractivity contribution < 1.29 is 8.78 Å². The third-order valence-corrected chi connectivity index (χ3v) is 2.90. The Labute approximate surface area is 96.1 Å². The molecule has 0 fully saturated rings. The SMILES string of the molecule is CNCc1cc(-c2ccc(F)cc2F)ns1. The van der Waals surface area contributed by atoms with Crippen molar-refractivity contribution >= 4 is 11.5 Å². The summed E-state index contributed by atoms with van der Waals surface area (Å²) in [4.78, 5) is 1.02. The van der Waals surface area contributed by atoms with Gasteiger partial charge >= 0.3 is 0 Å². The fraction of sp³-hybridized carbons (Fsp3) is 0.182. The van der Waals surface area contributed by atoms with Gasteiger partial charge in [0.1, 0.15) is 11.6 Å². The molecule has 0 amide bonds. The summed E-state index contributed by atoms with van der Waals surface area (Å²) in [6.45, 7) is 0.695. The van der Waals surface area contributed by atoms with Crippen LogP contribution in [0.5, 0.6) is 0 Å². The largest absolute Gasteiger partial charge is 0.315 e. The van der Waals surface area contributed by atoms with Crippen LogP contribution < -0.4 is 5.32 Å². The molecule has 0 spiro atoms. The first kappa shape index (κ1) is 11.2. The molecule has 16 heavy (non-hydrogen) atoms. The molecule has 0 aliphatic carbocycles. The topological polar surface area (TPSA) is 24.9 Å². The van der Waals surface area contributed by atoms with Crippen LogP contribution in [0.4, 0.5) is 8.78 Å². The molecule has 0 radical (unpaired) electrons. The van der Waals surface area contributed by atoms with Crippen LogP contribution in [0.25, 0.3) is 11.3 Å². The lowest BCUT2D eigenvalue weighted by molar-refractivity contribution is 0.585. The van der Waals surface area contributed by atoms with Crippen LogP contribution in [0.2, 0.25) is 0 Å². The van der Waals surface area contributed by atoms with Gasteiger partial charge in [0.15, 0.2) is 0 Å². The van der Waals surface area contributed by atoms with Gasteiger partial charge in [-0.1, -0.05) is 0 Å². The van der Waals surface area contributed by atoms with Crippen molar-refractivity contribution in [3.63, 3.8) is 0 Å². The quantitative estimate of drug-likeness (QED) is 0.892. The van der Waals surface area contributed by atoms with Crippen LogP contribution in [0.15, 0.2) is 24.3 Å². The standard InChI is InChI=1S/C11H10F2N2S/c1-14-6-8-5-11(15-16-8)9-3-2-7(12)4-10(9)13/h2-5,14H,6H2,1H3. The number of nitrogens with zero attached hydrogens (tertiary/aromatic N) is 1. The van der Waals surface area contributed by atoms with Crippen molar-refractivity contribution in [3.8, 4) is 11.3 Å². The highest BCUT2D eigenvalue weighted by atomic mass is 32.1. The number of nitrogens with one attached hydrogen (secondary N) is 1. The van der Waals surface area contributed by atoms with Crippen LogP contribution in [-0.4, -0.2) is 11.4 Å². The van der Waals surface area contributed by atoms with Crippen LogP contribution in [0, 0.1) is 11.6 Å². The maximum atomic E-state index is 13.4. The maximum absolute atomic E-state index is 13.4. The number of hydrogen-bond acceptors (Lipinski definition) is 3. The maximum Gasteiger partial charge on any atom is 0.135 e. The number of halogens is 2. The Hall–Kier alpha value is -1.33. The summed E-state index contributed by atoms with van der Waals surface area (Å²) in [5.74, 6) is -1.16. The third-order valence-electron chi connectivity index (χ3n) is 2.12. The first-order valence-electron chi connectivity index (χ1n) is 4.76. The molecule has 0 aliphatic rings. The fourth-order valence-corrected chi connectivity index (χ4v) is 2.13. The van der Waals surface area contributed by atoms with E-state index in [0.717, 1.165) is 10.9 Å². The Bertz CT molecular complexity index is 496. The predicted molar refractivity (Wildman–Crippen MR) is 60.2 cm³/mol. The molecule has 1 N–H and O–H groups in total. The van der Waals surface area contributed by atoms with E-state index in [2.05, 4.69) is 9.69 Å². The highest BCUT2D eigenvalue weighted by molar-refractivity contribution is 7.06. The van der Waals surface area contributed by atoms with Gasteiger partial charge in [-0.2, -0.15) is 4.37 Å². The second-order valence-corrected chi connectivity index (χ2v) is 4.22. The first-order chi connectivity index (χ1) is 7.70. The van der Waals surface area contributed by atoms with Crippen molar-refractivity contribution in [2.45, 2.75) is 6.54 Å². The zero-order chi connectivity index (χ0) is 11.5. The van der Waals surface area contributed by atoms with E-state index in [1.165, 1.54) is 23.7 Å². The summed E-state index contributed by atoms with van der Waals surface area (Å²) in [5, 5.41) is 2.99. The normalized spacial score (nSPS) is 10.7. The molecule has 0 atom stereocenters. The summed E-state index contributed by atoms with van der Waals surface area (Å²) in [6, 6.07) is 5.31. The number of rotatable bonds is 3. The third kappa shape index (κ3) is 2.25. The summed E-state index contributed by atoms with van der Waals surface area (Å²) in [7, 11) is 1.83. The molecule has 0 aliphatic heterocycles. The summed E-state index contributed by atoms with van der Waals surface area (Å²) in [5.41, 5.74) is 0.882. The molecular weight excluding hydrogens is 230 g/mol. The Morgan fingerprint density at radius 3 is 2.81 bits per heavy atom. The second-order valence-electron chi connectivity index (χ2n) is 3.33. The average Bonchev–Trinajstić information content (AvgIpc) is 2.67. The molecule has 2 aromatic rings. The van der Waals surface area contributed by atoms with E-state index in [0.29, 0.717) is 17.8 Å². The molecule has 5 heteroatoms. The number of benzene rings is 1. The summed E-state index contributed by atoms with van der Waals surface area (Å²) in [6.07, 6.45) is 0. The van der Waals surface area contributed by atoms with Gasteiger partial charge in [-0.3, -0.25) is 0 Å². The van der Waals surface area contributed by atoms with E-state index >= 15 is 0 Å². The molecule has 1 aromatic carbocycles. The molecule has 0 unspecified atom stereocenters. The lowest BCUT2D eigenvalue weighted by Crippen LogP contribution is -2.02. The second kappa shape index (κ2) is 4.67. The van der Waals surface area contributed by atoms with Gasteiger partial charge in [-0.15, -0.1) is 0 Å².